The van der Waals surface area contributed by atoms with E-state index in [1.165, 1.54) is 24.6 Å². The molecule has 1 N–H and O–H groups in total. The van der Waals surface area contributed by atoms with Crippen molar-refractivity contribution < 1.29 is 14.7 Å². The van der Waals surface area contributed by atoms with E-state index < -0.39 is 5.97 Å². The van der Waals surface area contributed by atoms with Crippen LogP contribution in [0.5, 0.6) is 0 Å². The van der Waals surface area contributed by atoms with Gasteiger partial charge in [-0.25, -0.2) is 0 Å². The quantitative estimate of drug-likeness (QED) is 0.769. The van der Waals surface area contributed by atoms with Crippen LogP contribution >= 0.6 is 11.8 Å². The Kier molecular flexibility index (Phi) is 5.66. The Morgan fingerprint density at radius 1 is 1.44 bits per heavy atom. The predicted octanol–water partition coefficient (Wildman–Crippen LogP) is 1.45. The molecule has 0 aromatic carbocycles. The van der Waals surface area contributed by atoms with E-state index in [-0.39, 0.29) is 11.7 Å². The van der Waals surface area contributed by atoms with Crippen molar-refractivity contribution in [3.8, 4) is 0 Å². The fourth-order valence-electron chi connectivity index (χ4n) is 2.02. The van der Waals surface area contributed by atoms with Crippen LogP contribution in [0.15, 0.2) is 0 Å². The van der Waals surface area contributed by atoms with Gasteiger partial charge in [0.2, 0.25) is 5.91 Å². The third-order valence-electron chi connectivity index (χ3n) is 2.79. The zero-order valence-corrected chi connectivity index (χ0v) is 10.5. The molecule has 1 saturated heterocycles. The average Bonchev–Trinajstić information content (AvgIpc) is 2.66. The van der Waals surface area contributed by atoms with E-state index in [0.29, 0.717) is 11.7 Å². The summed E-state index contributed by atoms with van der Waals surface area (Å²) in [6.45, 7) is 3.87. The number of nitrogens with zero attached hydrogens (tertiary/aromatic N) is 1. The molecule has 1 atom stereocenters. The van der Waals surface area contributed by atoms with E-state index in [1.807, 2.05) is 4.90 Å². The second-order valence-corrected chi connectivity index (χ2v) is 5.16. The molecular formula is C11H19NO3S. The standard InChI is InChI=1S/C11H19NO3S/c1-2-3-9-4-5-12(6-9)10(13)7-16-8-11(14)15/h9H,2-8H2,1H3,(H,14,15). The number of carbonyl (C=O) groups is 2. The lowest BCUT2D eigenvalue weighted by Gasteiger charge is -2.15. The van der Waals surface area contributed by atoms with Gasteiger partial charge in [-0.3, -0.25) is 9.59 Å². The molecule has 0 aliphatic carbocycles. The van der Waals surface area contributed by atoms with Crippen molar-refractivity contribution in [1.82, 2.24) is 4.90 Å². The minimum absolute atomic E-state index is 0.0119. The fraction of sp³-hybridized carbons (Fsp3) is 0.818. The Bertz CT molecular complexity index is 258. The molecule has 4 nitrogen and oxygen atoms in total. The first-order chi connectivity index (χ1) is 7.63. The monoisotopic (exact) mass is 245 g/mol. The lowest BCUT2D eigenvalue weighted by atomic mass is 10.0. The molecular weight excluding hydrogens is 226 g/mol. The third kappa shape index (κ3) is 4.43. The topological polar surface area (TPSA) is 57.6 Å². The number of carboxylic acid groups (broad SMARTS) is 1. The molecule has 1 fully saturated rings. The number of hydrogen-bond acceptors (Lipinski definition) is 3. The highest BCUT2D eigenvalue weighted by Crippen LogP contribution is 2.21. The van der Waals surface area contributed by atoms with Gasteiger partial charge in [-0.05, 0) is 18.8 Å². The molecule has 1 heterocycles. The second-order valence-electron chi connectivity index (χ2n) is 4.17. The summed E-state index contributed by atoms with van der Waals surface area (Å²) in [5, 5.41) is 8.46. The first-order valence-corrected chi connectivity index (χ1v) is 6.86. The van der Waals surface area contributed by atoms with E-state index in [2.05, 4.69) is 6.92 Å². The summed E-state index contributed by atoms with van der Waals surface area (Å²) >= 11 is 1.18. The van der Waals surface area contributed by atoms with Crippen LogP contribution in [0.3, 0.4) is 0 Å². The minimum Gasteiger partial charge on any atom is -0.481 e. The summed E-state index contributed by atoms with van der Waals surface area (Å²) in [7, 11) is 0. The van der Waals surface area contributed by atoms with Gasteiger partial charge in [-0.1, -0.05) is 13.3 Å². The molecule has 0 saturated carbocycles. The highest BCUT2D eigenvalue weighted by atomic mass is 32.2. The highest BCUT2D eigenvalue weighted by Gasteiger charge is 2.25. The number of aliphatic carboxylic acids is 1. The van der Waals surface area contributed by atoms with Gasteiger partial charge in [0.25, 0.3) is 0 Å². The fourth-order valence-corrected chi connectivity index (χ4v) is 2.65. The maximum atomic E-state index is 11.7. The SMILES string of the molecule is CCCC1CCN(C(=O)CSCC(=O)O)C1. The van der Waals surface area contributed by atoms with Crippen molar-refractivity contribution in [1.29, 1.82) is 0 Å². The largest absolute Gasteiger partial charge is 0.481 e. The summed E-state index contributed by atoms with van der Waals surface area (Å²) in [5.74, 6) is 0.190. The zero-order valence-electron chi connectivity index (χ0n) is 9.65. The average molecular weight is 245 g/mol. The normalized spacial score (nSPS) is 20.1. The molecule has 1 unspecified atom stereocenters. The first-order valence-electron chi connectivity index (χ1n) is 5.70. The molecule has 92 valence electrons. The van der Waals surface area contributed by atoms with Crippen molar-refractivity contribution >= 4 is 23.6 Å². The Morgan fingerprint density at radius 3 is 2.81 bits per heavy atom. The van der Waals surface area contributed by atoms with Crippen LogP contribution in [0.2, 0.25) is 0 Å². The summed E-state index contributed by atoms with van der Waals surface area (Å²) < 4.78 is 0. The number of thioether (sulfide) groups is 1. The van der Waals surface area contributed by atoms with Gasteiger partial charge in [-0.15, -0.1) is 11.8 Å². The van der Waals surface area contributed by atoms with Crippen LogP contribution in [0.1, 0.15) is 26.2 Å². The van der Waals surface area contributed by atoms with Gasteiger partial charge in [0.15, 0.2) is 0 Å². The van der Waals surface area contributed by atoms with Crippen LogP contribution in [-0.2, 0) is 9.59 Å². The number of hydrogen-bond donors (Lipinski definition) is 1. The van der Waals surface area contributed by atoms with Crippen molar-refractivity contribution in [2.24, 2.45) is 5.92 Å². The minimum atomic E-state index is -0.858. The molecule has 0 radical (unpaired) electrons. The molecule has 0 bridgehead atoms. The zero-order chi connectivity index (χ0) is 12.0. The summed E-state index contributed by atoms with van der Waals surface area (Å²) in [6, 6.07) is 0. The number of amides is 1. The maximum absolute atomic E-state index is 11.7. The molecule has 16 heavy (non-hydrogen) atoms. The third-order valence-corrected chi connectivity index (χ3v) is 3.69. The van der Waals surface area contributed by atoms with Crippen LogP contribution in [0, 0.1) is 5.92 Å². The summed E-state index contributed by atoms with van der Waals surface area (Å²) in [6.07, 6.45) is 3.45. The molecule has 1 rings (SSSR count). The van der Waals surface area contributed by atoms with Gasteiger partial charge in [0.05, 0.1) is 11.5 Å². The Balaban J connectivity index is 2.20. The van der Waals surface area contributed by atoms with E-state index in [9.17, 15) is 9.59 Å². The summed E-state index contributed by atoms with van der Waals surface area (Å²) in [4.78, 5) is 23.9. The van der Waals surface area contributed by atoms with E-state index in [0.717, 1.165) is 19.5 Å². The van der Waals surface area contributed by atoms with Gasteiger partial charge < -0.3 is 10.0 Å². The van der Waals surface area contributed by atoms with Crippen molar-refractivity contribution in [3.05, 3.63) is 0 Å². The first kappa shape index (κ1) is 13.4. The molecule has 1 amide bonds. The van der Waals surface area contributed by atoms with E-state index in [4.69, 9.17) is 5.11 Å². The van der Waals surface area contributed by atoms with Crippen molar-refractivity contribution in [2.45, 2.75) is 26.2 Å². The Labute approximate surface area is 100 Å². The molecule has 0 aromatic rings. The Morgan fingerprint density at radius 2 is 2.19 bits per heavy atom. The molecule has 0 spiro atoms. The van der Waals surface area contributed by atoms with Crippen LogP contribution in [0.4, 0.5) is 0 Å². The number of carboxylic acids is 1. The Hall–Kier alpha value is -0.710. The lowest BCUT2D eigenvalue weighted by Crippen LogP contribution is -2.30. The van der Waals surface area contributed by atoms with E-state index in [1.54, 1.807) is 0 Å². The van der Waals surface area contributed by atoms with Crippen LogP contribution in [-0.4, -0.2) is 46.5 Å². The molecule has 1 aliphatic rings. The molecule has 0 aromatic heterocycles. The predicted molar refractivity (Wildman–Crippen MR) is 64.6 cm³/mol. The molecule has 1 aliphatic heterocycles. The number of likely N-dealkylation sites (tertiary alicyclic amines) is 1. The summed E-state index contributed by atoms with van der Waals surface area (Å²) in [5.41, 5.74) is 0. The van der Waals surface area contributed by atoms with Crippen molar-refractivity contribution in [3.63, 3.8) is 0 Å². The second kappa shape index (κ2) is 6.78. The van der Waals surface area contributed by atoms with Gasteiger partial charge in [-0.2, -0.15) is 0 Å². The smallest absolute Gasteiger partial charge is 0.313 e. The highest BCUT2D eigenvalue weighted by molar-refractivity contribution is 8.00. The van der Waals surface area contributed by atoms with Crippen LogP contribution in [0.25, 0.3) is 0 Å². The van der Waals surface area contributed by atoms with Gasteiger partial charge >= 0.3 is 5.97 Å². The lowest BCUT2D eigenvalue weighted by molar-refractivity contribution is -0.133. The van der Waals surface area contributed by atoms with Crippen LogP contribution < -0.4 is 0 Å². The van der Waals surface area contributed by atoms with E-state index >= 15 is 0 Å². The number of rotatable bonds is 6. The van der Waals surface area contributed by atoms with Gasteiger partial charge in [0.1, 0.15) is 0 Å². The van der Waals surface area contributed by atoms with Crippen molar-refractivity contribution in [2.75, 3.05) is 24.6 Å². The molecule has 5 heteroatoms. The maximum Gasteiger partial charge on any atom is 0.313 e. The van der Waals surface area contributed by atoms with Gasteiger partial charge in [0, 0.05) is 13.1 Å². The number of carbonyl (C=O) groups excluding carboxylic acids is 1.